The summed E-state index contributed by atoms with van der Waals surface area (Å²) in [7, 11) is 0. The molecule has 2 aromatic rings. The van der Waals surface area contributed by atoms with Gasteiger partial charge in [-0.15, -0.1) is 0 Å². The maximum atomic E-state index is 13.0. The molecule has 0 radical (unpaired) electrons. The highest BCUT2D eigenvalue weighted by atomic mass is 35.5. The number of rotatable bonds is 8. The minimum absolute atomic E-state index is 0.0547. The zero-order valence-corrected chi connectivity index (χ0v) is 22.7. The number of carbonyl (C=O) groups excluding carboxylic acids is 1. The van der Waals surface area contributed by atoms with E-state index in [0.717, 1.165) is 40.3 Å². The molecule has 1 aliphatic heterocycles. The highest BCUT2D eigenvalue weighted by molar-refractivity contribution is 6.30. The van der Waals surface area contributed by atoms with Gasteiger partial charge in [0, 0.05) is 30.2 Å². The molecule has 2 aromatic carbocycles. The first-order valence-corrected chi connectivity index (χ1v) is 13.1. The fourth-order valence-corrected chi connectivity index (χ4v) is 4.39. The van der Waals surface area contributed by atoms with Crippen LogP contribution in [0.1, 0.15) is 50.3 Å². The fourth-order valence-electron chi connectivity index (χ4n) is 4.27. The first kappa shape index (κ1) is 30.2. The Morgan fingerprint density at radius 2 is 1.87 bits per heavy atom. The second-order valence-corrected chi connectivity index (χ2v) is 9.74. The van der Waals surface area contributed by atoms with E-state index >= 15 is 0 Å². The minimum atomic E-state index is -4.49. The molecule has 210 valence electrons. The Morgan fingerprint density at radius 1 is 1.21 bits per heavy atom. The van der Waals surface area contributed by atoms with Crippen molar-refractivity contribution < 1.29 is 23.1 Å². The molecule has 1 heterocycles. The molecule has 0 bridgehead atoms. The van der Waals surface area contributed by atoms with Crippen molar-refractivity contribution in [2.45, 2.75) is 45.3 Å². The lowest BCUT2D eigenvalue weighted by Gasteiger charge is -2.26. The third-order valence-electron chi connectivity index (χ3n) is 6.44. The Kier molecular flexibility index (Phi) is 10.5. The van der Waals surface area contributed by atoms with Gasteiger partial charge in [-0.25, -0.2) is 4.79 Å². The molecule has 1 fully saturated rings. The van der Waals surface area contributed by atoms with Crippen LogP contribution in [0.2, 0.25) is 5.02 Å². The van der Waals surface area contributed by atoms with Gasteiger partial charge in [0.05, 0.1) is 18.2 Å². The highest BCUT2D eigenvalue weighted by Gasteiger charge is 2.31. The van der Waals surface area contributed by atoms with Gasteiger partial charge in [-0.05, 0) is 79.4 Å². The average Bonchev–Trinajstić information content (AvgIpc) is 2.91. The maximum absolute atomic E-state index is 13.0. The lowest BCUT2D eigenvalue weighted by Crippen LogP contribution is -2.46. The van der Waals surface area contributed by atoms with Crippen LogP contribution in [0.4, 0.5) is 18.0 Å². The largest absolute Gasteiger partial charge is 0.508 e. The van der Waals surface area contributed by atoms with Crippen molar-refractivity contribution >= 4 is 29.2 Å². The molecular formula is C28H33ClF3N5O2. The summed E-state index contributed by atoms with van der Waals surface area (Å²) in [6.07, 6.45) is -4.28. The smallest absolute Gasteiger partial charge is 0.390 e. The summed E-state index contributed by atoms with van der Waals surface area (Å²) in [5, 5.41) is 24.5. The van der Waals surface area contributed by atoms with E-state index in [9.17, 15) is 23.1 Å². The van der Waals surface area contributed by atoms with Gasteiger partial charge in [-0.3, -0.25) is 15.3 Å². The number of amidine groups is 1. The summed E-state index contributed by atoms with van der Waals surface area (Å²) in [6.45, 7) is 4.60. The number of phenolic OH excluding ortho intramolecular Hbond substituents is 1. The highest BCUT2D eigenvalue weighted by Crippen LogP contribution is 2.26. The number of nitrogens with zero attached hydrogens (tertiary/aromatic N) is 2. The van der Waals surface area contributed by atoms with Crippen LogP contribution < -0.4 is 10.6 Å². The predicted octanol–water partition coefficient (Wildman–Crippen LogP) is 6.24. The lowest BCUT2D eigenvalue weighted by atomic mass is 9.96. The van der Waals surface area contributed by atoms with Gasteiger partial charge in [0.15, 0.2) is 0 Å². The van der Waals surface area contributed by atoms with E-state index in [1.54, 1.807) is 0 Å². The Hall–Kier alpha value is -3.37. The number of carbonyl (C=O) groups is 1. The van der Waals surface area contributed by atoms with Gasteiger partial charge in [0.1, 0.15) is 11.6 Å². The van der Waals surface area contributed by atoms with E-state index in [0.29, 0.717) is 18.0 Å². The topological polar surface area (TPSA) is 101 Å². The molecule has 1 unspecified atom stereocenters. The molecular weight excluding hydrogens is 531 g/mol. The Balaban J connectivity index is 1.79. The quantitative estimate of drug-likeness (QED) is 0.226. The summed E-state index contributed by atoms with van der Waals surface area (Å²) in [5.74, 6) is -0.444. The van der Waals surface area contributed by atoms with Crippen LogP contribution in [0, 0.1) is 5.41 Å². The number of hydrogen-bond donors (Lipinski definition) is 4. The number of phenols is 1. The Bertz CT molecular complexity index is 1210. The SMILES string of the molecule is CCC(N=C1CNCC/C1=C(/C)CNC(=O)N(CCC(F)(F)F)C(=N)c1ccc(O)cc1)c1ccc(Cl)cc1. The van der Waals surface area contributed by atoms with Crippen LogP contribution in [-0.4, -0.2) is 59.9 Å². The van der Waals surface area contributed by atoms with Crippen molar-refractivity contribution in [3.8, 4) is 5.75 Å². The zero-order chi connectivity index (χ0) is 28.6. The third-order valence-corrected chi connectivity index (χ3v) is 6.69. The summed E-state index contributed by atoms with van der Waals surface area (Å²) < 4.78 is 38.9. The van der Waals surface area contributed by atoms with Gasteiger partial charge < -0.3 is 15.7 Å². The number of alkyl halides is 3. The van der Waals surface area contributed by atoms with E-state index in [4.69, 9.17) is 22.0 Å². The van der Waals surface area contributed by atoms with E-state index in [-0.39, 0.29) is 29.7 Å². The molecule has 2 amide bonds. The molecule has 1 saturated heterocycles. The number of piperidine rings is 1. The molecule has 4 N–H and O–H groups in total. The number of aliphatic imine (C=N–C) groups is 1. The second-order valence-electron chi connectivity index (χ2n) is 9.31. The number of benzene rings is 2. The van der Waals surface area contributed by atoms with Crippen molar-refractivity contribution in [2.75, 3.05) is 26.2 Å². The molecule has 0 aliphatic carbocycles. The normalized spacial score (nSPS) is 17.0. The van der Waals surface area contributed by atoms with Crippen LogP contribution in [-0.2, 0) is 0 Å². The lowest BCUT2D eigenvalue weighted by molar-refractivity contribution is -0.135. The number of halogens is 4. The summed E-state index contributed by atoms with van der Waals surface area (Å²) in [4.78, 5) is 18.8. The van der Waals surface area contributed by atoms with Crippen LogP contribution in [0.25, 0.3) is 0 Å². The number of amides is 2. The van der Waals surface area contributed by atoms with Gasteiger partial charge in [-0.2, -0.15) is 13.2 Å². The van der Waals surface area contributed by atoms with Crippen molar-refractivity contribution in [2.24, 2.45) is 4.99 Å². The Labute approximate surface area is 231 Å². The van der Waals surface area contributed by atoms with E-state index in [1.165, 1.54) is 24.3 Å². The van der Waals surface area contributed by atoms with Crippen molar-refractivity contribution in [1.29, 1.82) is 5.41 Å². The van der Waals surface area contributed by atoms with Gasteiger partial charge >= 0.3 is 12.2 Å². The average molecular weight is 564 g/mol. The standard InChI is InChI=1S/C28H33ClF3N5O2/c1-3-24(19-4-8-21(29)9-5-19)36-25-17-34-14-12-23(25)18(2)16-35-27(39)37(15-13-28(30,31)32)26(33)20-6-10-22(38)11-7-20/h4-11,24,33-34,38H,3,12-17H2,1-2H3,(H,35,39)/b23-18+,33-26?,36-25?. The van der Waals surface area contributed by atoms with Gasteiger partial charge in [0.25, 0.3) is 0 Å². The fraction of sp³-hybridized carbons (Fsp3) is 0.393. The van der Waals surface area contributed by atoms with Gasteiger partial charge in [0.2, 0.25) is 0 Å². The summed E-state index contributed by atoms with van der Waals surface area (Å²) >= 11 is 6.03. The zero-order valence-electron chi connectivity index (χ0n) is 21.9. The predicted molar refractivity (Wildman–Crippen MR) is 148 cm³/mol. The van der Waals surface area contributed by atoms with Crippen LogP contribution >= 0.6 is 11.6 Å². The number of nitrogens with one attached hydrogen (secondary N) is 3. The second kappa shape index (κ2) is 13.6. The summed E-state index contributed by atoms with van der Waals surface area (Å²) in [5.41, 5.74) is 3.97. The Morgan fingerprint density at radius 3 is 2.49 bits per heavy atom. The molecule has 1 atom stereocenters. The first-order valence-electron chi connectivity index (χ1n) is 12.7. The molecule has 3 rings (SSSR count). The molecule has 0 saturated carbocycles. The first-order chi connectivity index (χ1) is 18.5. The molecule has 1 aliphatic rings. The van der Waals surface area contributed by atoms with Gasteiger partial charge in [-0.1, -0.05) is 30.7 Å². The molecule has 0 spiro atoms. The monoisotopic (exact) mass is 563 g/mol. The molecule has 11 heteroatoms. The number of hydrogen-bond acceptors (Lipinski definition) is 5. The van der Waals surface area contributed by atoms with Crippen molar-refractivity contribution in [1.82, 2.24) is 15.5 Å². The molecule has 0 aromatic heterocycles. The van der Waals surface area contributed by atoms with Crippen LogP contribution in [0.3, 0.4) is 0 Å². The molecule has 7 nitrogen and oxygen atoms in total. The van der Waals surface area contributed by atoms with Crippen molar-refractivity contribution in [3.63, 3.8) is 0 Å². The van der Waals surface area contributed by atoms with E-state index in [2.05, 4.69) is 17.6 Å². The summed E-state index contributed by atoms with van der Waals surface area (Å²) in [6, 6.07) is 12.1. The van der Waals surface area contributed by atoms with Crippen LogP contribution in [0.15, 0.2) is 64.7 Å². The minimum Gasteiger partial charge on any atom is -0.508 e. The van der Waals surface area contributed by atoms with E-state index < -0.39 is 25.2 Å². The maximum Gasteiger partial charge on any atom is 0.390 e. The number of aromatic hydroxyl groups is 1. The van der Waals surface area contributed by atoms with E-state index in [1.807, 2.05) is 31.2 Å². The van der Waals surface area contributed by atoms with Crippen LogP contribution in [0.5, 0.6) is 5.75 Å². The molecule has 39 heavy (non-hydrogen) atoms. The third kappa shape index (κ3) is 8.83. The number of urea groups is 1. The van der Waals surface area contributed by atoms with Crippen molar-refractivity contribution in [3.05, 3.63) is 75.8 Å².